The van der Waals surface area contributed by atoms with Gasteiger partial charge in [0.05, 0.1) is 5.52 Å². The molecule has 1 amide bonds. The van der Waals surface area contributed by atoms with E-state index < -0.39 is 0 Å². The summed E-state index contributed by atoms with van der Waals surface area (Å²) in [6.07, 6.45) is 2.78. The number of nitrogens with one attached hydrogen (secondary N) is 3. The van der Waals surface area contributed by atoms with E-state index in [0.717, 1.165) is 28.4 Å². The molecule has 0 saturated carbocycles. The van der Waals surface area contributed by atoms with Crippen molar-refractivity contribution in [1.29, 1.82) is 0 Å². The van der Waals surface area contributed by atoms with Gasteiger partial charge in [0.2, 0.25) is 0 Å². The Morgan fingerprint density at radius 1 is 1.12 bits per heavy atom. The highest BCUT2D eigenvalue weighted by Gasteiger charge is 2.14. The molecule has 0 spiro atoms. The molecular weight excluding hydrogens is 300 g/mol. The maximum absolute atomic E-state index is 12.4. The van der Waals surface area contributed by atoms with Gasteiger partial charge in [-0.25, -0.2) is 0 Å². The Labute approximate surface area is 139 Å². The third kappa shape index (κ3) is 2.54. The average Bonchev–Trinajstić information content (AvgIpc) is 3.19. The minimum Gasteiger partial charge on any atom is -0.361 e. The summed E-state index contributed by atoms with van der Waals surface area (Å²) in [5, 5.41) is 12.1. The van der Waals surface area contributed by atoms with Crippen molar-refractivity contribution < 1.29 is 4.79 Å². The van der Waals surface area contributed by atoms with E-state index in [1.807, 2.05) is 43.5 Å². The number of carbonyl (C=O) groups is 1. The van der Waals surface area contributed by atoms with Crippen molar-refractivity contribution in [2.75, 3.05) is 6.54 Å². The van der Waals surface area contributed by atoms with Crippen molar-refractivity contribution in [2.24, 2.45) is 0 Å². The van der Waals surface area contributed by atoms with Gasteiger partial charge in [-0.05, 0) is 37.1 Å². The second-order valence-corrected chi connectivity index (χ2v) is 5.99. The van der Waals surface area contributed by atoms with Crippen molar-refractivity contribution in [3.05, 3.63) is 65.5 Å². The van der Waals surface area contributed by atoms with Crippen LogP contribution in [0.2, 0.25) is 0 Å². The molecule has 3 N–H and O–H groups in total. The van der Waals surface area contributed by atoms with Gasteiger partial charge < -0.3 is 10.3 Å². The van der Waals surface area contributed by atoms with Gasteiger partial charge in [0.1, 0.15) is 0 Å². The van der Waals surface area contributed by atoms with Gasteiger partial charge in [0.15, 0.2) is 5.69 Å². The summed E-state index contributed by atoms with van der Waals surface area (Å²) in [5.74, 6) is -0.147. The summed E-state index contributed by atoms with van der Waals surface area (Å²) >= 11 is 0. The molecule has 2 heterocycles. The Morgan fingerprint density at radius 2 is 2.00 bits per heavy atom. The molecule has 0 radical (unpaired) electrons. The first-order chi connectivity index (χ1) is 11.7. The van der Waals surface area contributed by atoms with Gasteiger partial charge in [-0.1, -0.05) is 29.8 Å². The van der Waals surface area contributed by atoms with Crippen LogP contribution in [0.4, 0.5) is 0 Å². The molecule has 120 valence electrons. The van der Waals surface area contributed by atoms with Crippen LogP contribution in [0.5, 0.6) is 0 Å². The second kappa shape index (κ2) is 5.85. The normalized spacial score (nSPS) is 11.2. The highest BCUT2D eigenvalue weighted by molar-refractivity contribution is 6.04. The van der Waals surface area contributed by atoms with E-state index in [1.165, 1.54) is 10.9 Å². The lowest BCUT2D eigenvalue weighted by atomic mass is 10.1. The molecule has 0 aliphatic carbocycles. The molecule has 4 aromatic rings. The topological polar surface area (TPSA) is 73.6 Å². The first-order valence-corrected chi connectivity index (χ1v) is 8.00. The molecule has 2 aromatic carbocycles. The van der Waals surface area contributed by atoms with E-state index in [2.05, 4.69) is 32.6 Å². The predicted octanol–water partition coefficient (Wildman–Crippen LogP) is 3.33. The molecule has 0 atom stereocenters. The van der Waals surface area contributed by atoms with Crippen molar-refractivity contribution in [1.82, 2.24) is 20.5 Å². The standard InChI is InChI=1S/C19H18N4O/c1-12-6-7-17-15(10-12)18(23-22-17)19(24)20-9-8-13-11-21-16-5-3-2-4-14(13)16/h2-7,10-11,21H,8-9H2,1H3,(H,20,24)(H,22,23). The number of hydrogen-bond donors (Lipinski definition) is 3. The Bertz CT molecular complexity index is 1030. The van der Waals surface area contributed by atoms with Crippen LogP contribution in [-0.4, -0.2) is 27.6 Å². The summed E-state index contributed by atoms with van der Waals surface area (Å²) in [6.45, 7) is 2.58. The number of carbonyl (C=O) groups excluding carboxylic acids is 1. The van der Waals surface area contributed by atoms with Crippen LogP contribution in [0.25, 0.3) is 21.8 Å². The lowest BCUT2D eigenvalue weighted by molar-refractivity contribution is 0.0951. The van der Waals surface area contributed by atoms with Crippen molar-refractivity contribution in [3.63, 3.8) is 0 Å². The highest BCUT2D eigenvalue weighted by atomic mass is 16.1. The zero-order valence-corrected chi connectivity index (χ0v) is 13.4. The number of benzene rings is 2. The van der Waals surface area contributed by atoms with E-state index in [4.69, 9.17) is 0 Å². The van der Waals surface area contributed by atoms with Gasteiger partial charge in [0.25, 0.3) is 5.91 Å². The summed E-state index contributed by atoms with van der Waals surface area (Å²) < 4.78 is 0. The van der Waals surface area contributed by atoms with Crippen LogP contribution in [0, 0.1) is 6.92 Å². The van der Waals surface area contributed by atoms with Crippen LogP contribution in [0.1, 0.15) is 21.6 Å². The Balaban J connectivity index is 1.47. The van der Waals surface area contributed by atoms with Crippen molar-refractivity contribution in [2.45, 2.75) is 13.3 Å². The minimum atomic E-state index is -0.147. The van der Waals surface area contributed by atoms with Crippen molar-refractivity contribution >= 4 is 27.7 Å². The van der Waals surface area contributed by atoms with Crippen LogP contribution in [-0.2, 0) is 6.42 Å². The SMILES string of the molecule is Cc1ccc2[nH]nc(C(=O)NCCc3c[nH]c4ccccc34)c2c1. The number of nitrogens with zero attached hydrogens (tertiary/aromatic N) is 1. The number of hydrogen-bond acceptors (Lipinski definition) is 2. The summed E-state index contributed by atoms with van der Waals surface area (Å²) in [7, 11) is 0. The van der Waals surface area contributed by atoms with E-state index in [1.54, 1.807) is 0 Å². The molecule has 24 heavy (non-hydrogen) atoms. The first-order valence-electron chi connectivity index (χ1n) is 8.00. The second-order valence-electron chi connectivity index (χ2n) is 5.99. The molecule has 2 aromatic heterocycles. The molecule has 0 aliphatic rings. The fraction of sp³-hybridized carbons (Fsp3) is 0.158. The number of amides is 1. The number of aromatic amines is 2. The highest BCUT2D eigenvalue weighted by Crippen LogP contribution is 2.19. The zero-order valence-electron chi connectivity index (χ0n) is 13.4. The predicted molar refractivity (Wildman–Crippen MR) is 95.2 cm³/mol. The fourth-order valence-corrected chi connectivity index (χ4v) is 3.03. The Kier molecular flexibility index (Phi) is 3.54. The smallest absolute Gasteiger partial charge is 0.272 e. The third-order valence-electron chi connectivity index (χ3n) is 4.29. The number of fused-ring (bicyclic) bond motifs is 2. The molecule has 0 fully saturated rings. The summed E-state index contributed by atoms with van der Waals surface area (Å²) in [6, 6.07) is 14.1. The number of H-pyrrole nitrogens is 2. The molecule has 5 nitrogen and oxygen atoms in total. The lowest BCUT2D eigenvalue weighted by Crippen LogP contribution is -2.26. The maximum atomic E-state index is 12.4. The van der Waals surface area contributed by atoms with E-state index in [0.29, 0.717) is 12.2 Å². The van der Waals surface area contributed by atoms with Gasteiger partial charge in [-0.3, -0.25) is 9.89 Å². The number of aryl methyl sites for hydroxylation is 1. The van der Waals surface area contributed by atoms with E-state index in [9.17, 15) is 4.79 Å². The third-order valence-corrected chi connectivity index (χ3v) is 4.29. The van der Waals surface area contributed by atoms with Gasteiger partial charge in [-0.15, -0.1) is 0 Å². The van der Waals surface area contributed by atoms with Gasteiger partial charge >= 0.3 is 0 Å². The van der Waals surface area contributed by atoms with Crippen LogP contribution in [0.15, 0.2) is 48.7 Å². The molecular formula is C19H18N4O. The largest absolute Gasteiger partial charge is 0.361 e. The molecule has 0 aliphatic heterocycles. The van der Waals surface area contributed by atoms with Gasteiger partial charge in [-0.2, -0.15) is 5.10 Å². The summed E-state index contributed by atoms with van der Waals surface area (Å²) in [4.78, 5) is 15.7. The Hall–Kier alpha value is -3.08. The number of para-hydroxylation sites is 1. The number of rotatable bonds is 4. The average molecular weight is 318 g/mol. The summed E-state index contributed by atoms with van der Waals surface area (Å²) in [5.41, 5.74) is 4.76. The maximum Gasteiger partial charge on any atom is 0.272 e. The minimum absolute atomic E-state index is 0.147. The first kappa shape index (κ1) is 14.5. The molecule has 0 unspecified atom stereocenters. The van der Waals surface area contributed by atoms with E-state index in [-0.39, 0.29) is 5.91 Å². The van der Waals surface area contributed by atoms with E-state index >= 15 is 0 Å². The fourth-order valence-electron chi connectivity index (χ4n) is 3.03. The van der Waals surface area contributed by atoms with Gasteiger partial charge in [0, 0.05) is 29.0 Å². The number of aromatic nitrogens is 3. The molecule has 4 rings (SSSR count). The van der Waals surface area contributed by atoms with Crippen molar-refractivity contribution in [3.8, 4) is 0 Å². The molecule has 0 saturated heterocycles. The monoisotopic (exact) mass is 318 g/mol. The van der Waals surface area contributed by atoms with Crippen LogP contribution < -0.4 is 5.32 Å². The zero-order chi connectivity index (χ0) is 16.5. The molecule has 0 bridgehead atoms. The lowest BCUT2D eigenvalue weighted by Gasteiger charge is -2.03. The quantitative estimate of drug-likeness (QED) is 0.540. The Morgan fingerprint density at radius 3 is 2.92 bits per heavy atom. The van der Waals surface area contributed by atoms with Crippen LogP contribution >= 0.6 is 0 Å². The molecule has 5 heteroatoms. The van der Waals surface area contributed by atoms with Crippen LogP contribution in [0.3, 0.4) is 0 Å².